The first-order chi connectivity index (χ1) is 16.3. The van der Waals surface area contributed by atoms with Crippen LogP contribution in [0.25, 0.3) is 6.08 Å². The lowest BCUT2D eigenvalue weighted by Crippen LogP contribution is -2.41. The summed E-state index contributed by atoms with van der Waals surface area (Å²) in [6.45, 7) is 2.25. The van der Waals surface area contributed by atoms with Gasteiger partial charge in [0.25, 0.3) is 0 Å². The van der Waals surface area contributed by atoms with Gasteiger partial charge in [0.15, 0.2) is 0 Å². The van der Waals surface area contributed by atoms with Gasteiger partial charge in [-0.1, -0.05) is 109 Å². The Morgan fingerprint density at radius 1 is 0.794 bits per heavy atom. The van der Waals surface area contributed by atoms with Crippen LogP contribution in [0.3, 0.4) is 0 Å². The van der Waals surface area contributed by atoms with Gasteiger partial charge in [-0.25, -0.2) is 0 Å². The van der Waals surface area contributed by atoms with Gasteiger partial charge in [0, 0.05) is 12.2 Å². The Labute approximate surface area is 207 Å². The zero-order chi connectivity index (χ0) is 25.2. The van der Waals surface area contributed by atoms with Gasteiger partial charge in [0.2, 0.25) is 5.24 Å². The third kappa shape index (κ3) is 13.8. The molecule has 0 aromatic heterocycles. The van der Waals surface area contributed by atoms with E-state index < -0.39 is 17.3 Å². The molecule has 0 bridgehead atoms. The molecule has 34 heavy (non-hydrogen) atoms. The number of halogens is 4. The van der Waals surface area contributed by atoms with Gasteiger partial charge in [0.1, 0.15) is 0 Å². The maximum absolute atomic E-state index is 13.1. The summed E-state index contributed by atoms with van der Waals surface area (Å²) < 4.78 is 39.3. The number of amides is 1. The van der Waals surface area contributed by atoms with Crippen LogP contribution in [0.1, 0.15) is 102 Å². The van der Waals surface area contributed by atoms with Crippen LogP contribution in [0.5, 0.6) is 0 Å². The number of unbranched alkanes of at least 4 members (excludes halogenated alkanes) is 13. The number of alkyl halides is 3. The van der Waals surface area contributed by atoms with Gasteiger partial charge in [-0.15, -0.1) is 0 Å². The molecule has 192 valence electrons. The van der Waals surface area contributed by atoms with Crippen LogP contribution in [0.15, 0.2) is 30.3 Å². The molecule has 0 heterocycles. The molecule has 0 saturated carbocycles. The second-order valence-electron chi connectivity index (χ2n) is 8.78. The number of hydrogen-bond acceptors (Lipinski definition) is 2. The quantitative estimate of drug-likeness (QED) is 0.114. The number of allylic oxidation sites excluding steroid dienone is 1. The van der Waals surface area contributed by atoms with E-state index in [1.165, 1.54) is 76.0 Å². The number of carbonyl (C=O) groups excluding carboxylic acids is 2. The zero-order valence-electron chi connectivity index (χ0n) is 20.3. The Morgan fingerprint density at radius 3 is 1.65 bits per heavy atom. The highest BCUT2D eigenvalue weighted by Crippen LogP contribution is 2.25. The fourth-order valence-corrected chi connectivity index (χ4v) is 3.96. The lowest BCUT2D eigenvalue weighted by atomic mass is 10.0. The summed E-state index contributed by atoms with van der Waals surface area (Å²) >= 11 is 5.25. The SMILES string of the molecule is CCCCCCCCCCCCCCCCN(C(=O)C(F)(F)F)c1ccc(/C=C/C(=O)Cl)cc1. The van der Waals surface area contributed by atoms with Crippen LogP contribution in [0, 0.1) is 0 Å². The van der Waals surface area contributed by atoms with Crippen LogP contribution in [0.2, 0.25) is 0 Å². The van der Waals surface area contributed by atoms with Crippen molar-refractivity contribution in [2.24, 2.45) is 0 Å². The second-order valence-corrected chi connectivity index (χ2v) is 9.15. The van der Waals surface area contributed by atoms with Crippen molar-refractivity contribution in [2.75, 3.05) is 11.4 Å². The Hall–Kier alpha value is -1.82. The predicted octanol–water partition coefficient (Wildman–Crippen LogP) is 8.84. The van der Waals surface area contributed by atoms with Crippen LogP contribution >= 0.6 is 11.6 Å². The normalized spacial score (nSPS) is 11.8. The van der Waals surface area contributed by atoms with Gasteiger partial charge in [-0.05, 0) is 41.8 Å². The smallest absolute Gasteiger partial charge is 0.305 e. The molecule has 1 amide bonds. The average molecular weight is 502 g/mol. The average Bonchev–Trinajstić information content (AvgIpc) is 2.80. The number of rotatable bonds is 18. The van der Waals surface area contributed by atoms with E-state index in [0.717, 1.165) is 36.7 Å². The van der Waals surface area contributed by atoms with E-state index in [2.05, 4.69) is 6.92 Å². The lowest BCUT2D eigenvalue weighted by molar-refractivity contribution is -0.170. The number of carbonyl (C=O) groups is 2. The van der Waals surface area contributed by atoms with Crippen molar-refractivity contribution in [2.45, 2.75) is 103 Å². The first kappa shape index (κ1) is 30.2. The number of anilines is 1. The van der Waals surface area contributed by atoms with Gasteiger partial charge >= 0.3 is 12.1 Å². The first-order valence-corrected chi connectivity index (χ1v) is 13.0. The summed E-state index contributed by atoms with van der Waals surface area (Å²) in [4.78, 5) is 23.6. The minimum absolute atomic E-state index is 0.0196. The molecule has 0 aliphatic carbocycles. The Bertz CT molecular complexity index is 732. The van der Waals surface area contributed by atoms with Crippen molar-refractivity contribution in [1.29, 1.82) is 0 Å². The van der Waals surface area contributed by atoms with Crippen molar-refractivity contribution in [1.82, 2.24) is 0 Å². The molecule has 1 aromatic rings. The summed E-state index contributed by atoms with van der Waals surface area (Å²) in [6, 6.07) is 6.00. The Morgan fingerprint density at radius 2 is 1.24 bits per heavy atom. The van der Waals surface area contributed by atoms with Crippen LogP contribution in [-0.4, -0.2) is 23.9 Å². The third-order valence-corrected chi connectivity index (χ3v) is 5.96. The molecule has 1 aromatic carbocycles. The van der Waals surface area contributed by atoms with Crippen LogP contribution in [0.4, 0.5) is 18.9 Å². The highest BCUT2D eigenvalue weighted by molar-refractivity contribution is 6.66. The Balaban J connectivity index is 2.34. The molecule has 0 spiro atoms. The summed E-state index contributed by atoms with van der Waals surface area (Å²) in [5.74, 6) is -1.86. The minimum atomic E-state index is -4.93. The fraction of sp³-hybridized carbons (Fsp3) is 0.630. The van der Waals surface area contributed by atoms with Gasteiger partial charge < -0.3 is 4.90 Å². The van der Waals surface area contributed by atoms with Gasteiger partial charge in [-0.2, -0.15) is 13.2 Å². The van der Waals surface area contributed by atoms with E-state index in [9.17, 15) is 22.8 Å². The molecule has 0 atom stereocenters. The second kappa shape index (κ2) is 17.6. The number of nitrogens with zero attached hydrogens (tertiary/aromatic N) is 1. The minimum Gasteiger partial charge on any atom is -0.305 e. The predicted molar refractivity (Wildman–Crippen MR) is 135 cm³/mol. The summed E-state index contributed by atoms with van der Waals surface area (Å²) in [6.07, 6.45) is 13.9. The maximum atomic E-state index is 13.1. The summed E-state index contributed by atoms with van der Waals surface area (Å²) in [5, 5.41) is -0.643. The molecule has 0 radical (unpaired) electrons. The van der Waals surface area contributed by atoms with Crippen LogP contribution < -0.4 is 4.90 Å². The van der Waals surface area contributed by atoms with E-state index in [1.807, 2.05) is 0 Å². The fourth-order valence-electron chi connectivity index (χ4n) is 3.89. The zero-order valence-corrected chi connectivity index (χ0v) is 21.1. The molecule has 0 fully saturated rings. The van der Waals surface area contributed by atoms with Crippen molar-refractivity contribution < 1.29 is 22.8 Å². The monoisotopic (exact) mass is 501 g/mol. The summed E-state index contributed by atoms with van der Waals surface area (Å²) in [5.41, 5.74) is 0.792. The first-order valence-electron chi connectivity index (χ1n) is 12.6. The maximum Gasteiger partial charge on any atom is 0.471 e. The lowest BCUT2D eigenvalue weighted by Gasteiger charge is -2.24. The van der Waals surface area contributed by atoms with Gasteiger partial charge in [0.05, 0.1) is 0 Å². The van der Waals surface area contributed by atoms with Crippen molar-refractivity contribution >= 4 is 34.5 Å². The number of benzene rings is 1. The molecule has 0 aliphatic heterocycles. The highest BCUT2D eigenvalue weighted by Gasteiger charge is 2.42. The van der Waals surface area contributed by atoms with Crippen molar-refractivity contribution in [3.05, 3.63) is 35.9 Å². The molecule has 0 unspecified atom stereocenters. The van der Waals surface area contributed by atoms with Gasteiger partial charge in [-0.3, -0.25) is 9.59 Å². The molecule has 3 nitrogen and oxygen atoms in total. The summed E-state index contributed by atoms with van der Waals surface area (Å²) in [7, 11) is 0. The highest BCUT2D eigenvalue weighted by atomic mass is 35.5. The molecule has 0 saturated heterocycles. The molecule has 7 heteroatoms. The molecule has 0 N–H and O–H groups in total. The van der Waals surface area contributed by atoms with E-state index in [0.29, 0.717) is 12.0 Å². The third-order valence-electron chi connectivity index (χ3n) is 5.83. The molecule has 0 aliphatic rings. The van der Waals surface area contributed by atoms with E-state index in [-0.39, 0.29) is 12.2 Å². The molecular formula is C27H39ClF3NO2. The van der Waals surface area contributed by atoms with E-state index >= 15 is 0 Å². The Kier molecular flexibility index (Phi) is 15.6. The largest absolute Gasteiger partial charge is 0.471 e. The van der Waals surface area contributed by atoms with E-state index in [4.69, 9.17) is 11.6 Å². The van der Waals surface area contributed by atoms with E-state index in [1.54, 1.807) is 12.1 Å². The molecule has 1 rings (SSSR count). The van der Waals surface area contributed by atoms with Crippen molar-refractivity contribution in [3.8, 4) is 0 Å². The van der Waals surface area contributed by atoms with Crippen LogP contribution in [-0.2, 0) is 9.59 Å². The standard InChI is InChI=1S/C27H39ClF3NO2/c1-2-3-4-5-6-7-8-9-10-11-12-13-14-15-22-32(26(34)27(29,30)31)24-19-16-23(17-20-24)18-21-25(28)33/h16-21H,2-15,22H2,1H3/b21-18+. The number of hydrogen-bond donors (Lipinski definition) is 0. The van der Waals surface area contributed by atoms with Crippen molar-refractivity contribution in [3.63, 3.8) is 0 Å². The topological polar surface area (TPSA) is 37.4 Å². The molecular weight excluding hydrogens is 463 g/mol.